The molecule has 0 bridgehead atoms. The Labute approximate surface area is 143 Å². The molecule has 1 aromatic rings. The molecule has 0 unspecified atom stereocenters. The molecule has 23 heavy (non-hydrogen) atoms. The number of carbonyl (C=O) groups excluding carboxylic acids is 1. The van der Waals surface area contributed by atoms with Crippen LogP contribution in [0.1, 0.15) is 33.6 Å². The first-order chi connectivity index (χ1) is 11.0. The van der Waals surface area contributed by atoms with Crippen molar-refractivity contribution in [3.8, 4) is 5.75 Å². The second-order valence-corrected chi connectivity index (χ2v) is 5.78. The second kappa shape index (κ2) is 9.75. The van der Waals surface area contributed by atoms with Gasteiger partial charge < -0.3 is 19.5 Å². The van der Waals surface area contributed by atoms with E-state index in [1.807, 2.05) is 13.8 Å². The molecule has 0 heterocycles. The monoisotopic (exact) mass is 343 g/mol. The van der Waals surface area contributed by atoms with Crippen LogP contribution in [0.15, 0.2) is 18.2 Å². The van der Waals surface area contributed by atoms with Crippen molar-refractivity contribution >= 4 is 23.2 Å². The van der Waals surface area contributed by atoms with Gasteiger partial charge in [-0.2, -0.15) is 0 Å². The number of rotatable bonds is 10. The summed E-state index contributed by atoms with van der Waals surface area (Å²) in [5.74, 6) is 0.375. The average Bonchev–Trinajstić information content (AvgIpc) is 2.54. The highest BCUT2D eigenvalue weighted by Crippen LogP contribution is 2.28. The minimum atomic E-state index is -0.851. The Hall–Kier alpha value is -1.30. The Morgan fingerprint density at radius 1 is 1.26 bits per heavy atom. The lowest BCUT2D eigenvalue weighted by atomic mass is 10.0. The SMILES string of the molecule is CCCO[C@](C)(CC)C(=O)Nc1ccc(OCCOC)c(Cl)c1. The number of benzene rings is 1. The quantitative estimate of drug-likeness (QED) is 0.655. The van der Waals surface area contributed by atoms with Crippen molar-refractivity contribution in [2.45, 2.75) is 39.2 Å². The van der Waals surface area contributed by atoms with Crippen LogP contribution in [-0.4, -0.2) is 38.4 Å². The van der Waals surface area contributed by atoms with E-state index in [9.17, 15) is 4.79 Å². The summed E-state index contributed by atoms with van der Waals surface area (Å²) < 4.78 is 16.1. The van der Waals surface area contributed by atoms with Crippen LogP contribution in [-0.2, 0) is 14.3 Å². The molecule has 0 aliphatic heterocycles. The molecule has 0 saturated heterocycles. The van der Waals surface area contributed by atoms with Gasteiger partial charge in [0.15, 0.2) is 0 Å². The van der Waals surface area contributed by atoms with E-state index < -0.39 is 5.60 Å². The van der Waals surface area contributed by atoms with Gasteiger partial charge >= 0.3 is 0 Å². The third-order valence-electron chi connectivity index (χ3n) is 3.51. The van der Waals surface area contributed by atoms with Crippen molar-refractivity contribution in [1.82, 2.24) is 0 Å². The molecule has 0 aliphatic rings. The van der Waals surface area contributed by atoms with E-state index in [2.05, 4.69) is 5.32 Å². The summed E-state index contributed by atoms with van der Waals surface area (Å²) in [4.78, 5) is 12.5. The summed E-state index contributed by atoms with van der Waals surface area (Å²) in [5, 5.41) is 3.29. The van der Waals surface area contributed by atoms with Gasteiger partial charge in [-0.05, 0) is 38.0 Å². The minimum Gasteiger partial charge on any atom is -0.490 e. The average molecular weight is 344 g/mol. The molecule has 1 N–H and O–H groups in total. The Balaban J connectivity index is 2.72. The fraction of sp³-hybridized carbons (Fsp3) is 0.588. The van der Waals surface area contributed by atoms with Crippen LogP contribution < -0.4 is 10.1 Å². The summed E-state index contributed by atoms with van der Waals surface area (Å²) in [6.07, 6.45) is 1.45. The molecular formula is C17H26ClNO4. The molecule has 1 atom stereocenters. The minimum absolute atomic E-state index is 0.183. The smallest absolute Gasteiger partial charge is 0.256 e. The third kappa shape index (κ3) is 6.01. The highest BCUT2D eigenvalue weighted by atomic mass is 35.5. The Kier molecular flexibility index (Phi) is 8.37. The number of carbonyl (C=O) groups is 1. The molecule has 5 nitrogen and oxygen atoms in total. The molecule has 0 aliphatic carbocycles. The van der Waals surface area contributed by atoms with Gasteiger partial charge in [0.25, 0.3) is 5.91 Å². The third-order valence-corrected chi connectivity index (χ3v) is 3.81. The van der Waals surface area contributed by atoms with E-state index in [0.717, 1.165) is 6.42 Å². The lowest BCUT2D eigenvalue weighted by Gasteiger charge is -2.27. The first kappa shape index (κ1) is 19.7. The zero-order valence-electron chi connectivity index (χ0n) is 14.3. The number of hydrogen-bond acceptors (Lipinski definition) is 4. The van der Waals surface area contributed by atoms with Gasteiger partial charge in [-0.25, -0.2) is 0 Å². The Bertz CT molecular complexity index is 509. The van der Waals surface area contributed by atoms with Crippen LogP contribution in [0.2, 0.25) is 5.02 Å². The fourth-order valence-electron chi connectivity index (χ4n) is 1.85. The molecule has 0 spiro atoms. The van der Waals surface area contributed by atoms with E-state index in [1.54, 1.807) is 32.2 Å². The molecule has 0 radical (unpaired) electrons. The highest BCUT2D eigenvalue weighted by molar-refractivity contribution is 6.32. The zero-order chi connectivity index (χ0) is 17.3. The number of ether oxygens (including phenoxy) is 3. The molecule has 130 valence electrons. The number of halogens is 1. The van der Waals surface area contributed by atoms with E-state index >= 15 is 0 Å². The Morgan fingerprint density at radius 2 is 2.00 bits per heavy atom. The van der Waals surface area contributed by atoms with Crippen LogP contribution in [0, 0.1) is 0 Å². The van der Waals surface area contributed by atoms with E-state index in [1.165, 1.54) is 0 Å². The van der Waals surface area contributed by atoms with Crippen LogP contribution in [0.25, 0.3) is 0 Å². The molecular weight excluding hydrogens is 318 g/mol. The molecule has 6 heteroatoms. The van der Waals surface area contributed by atoms with Crippen molar-refractivity contribution in [2.24, 2.45) is 0 Å². The zero-order valence-corrected chi connectivity index (χ0v) is 15.0. The van der Waals surface area contributed by atoms with Crippen molar-refractivity contribution in [3.05, 3.63) is 23.2 Å². The van der Waals surface area contributed by atoms with Crippen LogP contribution in [0.3, 0.4) is 0 Å². The van der Waals surface area contributed by atoms with E-state index in [4.69, 9.17) is 25.8 Å². The van der Waals surface area contributed by atoms with Crippen LogP contribution >= 0.6 is 11.6 Å². The van der Waals surface area contributed by atoms with Gasteiger partial charge in [-0.3, -0.25) is 4.79 Å². The first-order valence-corrected chi connectivity index (χ1v) is 8.21. The van der Waals surface area contributed by atoms with Gasteiger partial charge in [0.1, 0.15) is 18.0 Å². The molecule has 0 saturated carbocycles. The predicted molar refractivity (Wildman–Crippen MR) is 92.4 cm³/mol. The number of anilines is 1. The van der Waals surface area contributed by atoms with Gasteiger partial charge in [0.2, 0.25) is 0 Å². The van der Waals surface area contributed by atoms with E-state index in [-0.39, 0.29) is 5.91 Å². The first-order valence-electron chi connectivity index (χ1n) is 7.83. The number of hydrogen-bond donors (Lipinski definition) is 1. The Morgan fingerprint density at radius 3 is 2.57 bits per heavy atom. The van der Waals surface area contributed by atoms with Crippen molar-refractivity contribution in [2.75, 3.05) is 32.2 Å². The lowest BCUT2D eigenvalue weighted by molar-refractivity contribution is -0.139. The predicted octanol–water partition coefficient (Wildman–Crippen LogP) is 3.90. The van der Waals surface area contributed by atoms with Crippen molar-refractivity contribution < 1.29 is 19.0 Å². The van der Waals surface area contributed by atoms with Crippen LogP contribution in [0.4, 0.5) is 5.69 Å². The maximum absolute atomic E-state index is 12.5. The maximum Gasteiger partial charge on any atom is 0.256 e. The molecule has 1 amide bonds. The summed E-state index contributed by atoms with van der Waals surface area (Å²) in [6.45, 7) is 7.18. The molecule has 1 aromatic carbocycles. The topological polar surface area (TPSA) is 56.8 Å². The highest BCUT2D eigenvalue weighted by Gasteiger charge is 2.32. The normalized spacial score (nSPS) is 13.4. The van der Waals surface area contributed by atoms with Gasteiger partial charge in [0, 0.05) is 19.4 Å². The standard InChI is InChI=1S/C17H26ClNO4/c1-5-9-23-17(3,6-2)16(20)19-13-7-8-15(14(18)12-13)22-11-10-21-4/h7-8,12H,5-6,9-11H2,1-4H3,(H,19,20)/t17-/m1/s1. The molecule has 0 aromatic heterocycles. The molecule has 1 rings (SSSR count). The van der Waals surface area contributed by atoms with Gasteiger partial charge in [0.05, 0.1) is 11.6 Å². The lowest BCUT2D eigenvalue weighted by Crippen LogP contribution is -2.42. The van der Waals surface area contributed by atoms with Gasteiger partial charge in [-0.1, -0.05) is 25.4 Å². The van der Waals surface area contributed by atoms with Crippen LogP contribution in [0.5, 0.6) is 5.75 Å². The summed E-state index contributed by atoms with van der Waals surface area (Å²) >= 11 is 6.18. The number of amides is 1. The van der Waals surface area contributed by atoms with Crippen molar-refractivity contribution in [3.63, 3.8) is 0 Å². The maximum atomic E-state index is 12.5. The fourth-order valence-corrected chi connectivity index (χ4v) is 2.08. The largest absolute Gasteiger partial charge is 0.490 e. The number of methoxy groups -OCH3 is 1. The molecule has 0 fully saturated rings. The van der Waals surface area contributed by atoms with Crippen molar-refractivity contribution in [1.29, 1.82) is 0 Å². The number of nitrogens with one attached hydrogen (secondary N) is 1. The second-order valence-electron chi connectivity index (χ2n) is 5.37. The van der Waals surface area contributed by atoms with E-state index in [0.29, 0.717) is 42.7 Å². The van der Waals surface area contributed by atoms with Gasteiger partial charge in [-0.15, -0.1) is 0 Å². The summed E-state index contributed by atoms with van der Waals surface area (Å²) in [7, 11) is 1.61. The summed E-state index contributed by atoms with van der Waals surface area (Å²) in [6, 6.07) is 5.14. The summed E-state index contributed by atoms with van der Waals surface area (Å²) in [5.41, 5.74) is -0.241.